The van der Waals surface area contributed by atoms with Crippen LogP contribution in [0.1, 0.15) is 30.9 Å². The molecule has 0 aliphatic carbocycles. The van der Waals surface area contributed by atoms with Crippen LogP contribution in [-0.2, 0) is 0 Å². The second-order valence-corrected chi connectivity index (χ2v) is 6.29. The van der Waals surface area contributed by atoms with Crippen LogP contribution in [0.3, 0.4) is 0 Å². The number of nitrogens with one attached hydrogen (secondary N) is 2. The van der Waals surface area contributed by atoms with Gasteiger partial charge in [-0.1, -0.05) is 26.0 Å². The molecule has 0 saturated heterocycles. The van der Waals surface area contributed by atoms with Crippen LogP contribution in [0.25, 0.3) is 0 Å². The summed E-state index contributed by atoms with van der Waals surface area (Å²) in [6.45, 7) is 6.34. The number of aryl methyl sites for hydroxylation is 1. The summed E-state index contributed by atoms with van der Waals surface area (Å²) in [7, 11) is 3.24. The summed E-state index contributed by atoms with van der Waals surface area (Å²) in [5.74, 6) is 1.87. The van der Waals surface area contributed by atoms with E-state index in [4.69, 9.17) is 21.7 Å². The minimum absolute atomic E-state index is 0.513. The summed E-state index contributed by atoms with van der Waals surface area (Å²) in [5, 5.41) is 6.94. The summed E-state index contributed by atoms with van der Waals surface area (Å²) in [6, 6.07) is 12.1. The molecule has 128 valence electrons. The third-order valence-electron chi connectivity index (χ3n) is 3.81. The van der Waals surface area contributed by atoms with E-state index in [0.29, 0.717) is 22.5 Å². The highest BCUT2D eigenvalue weighted by atomic mass is 32.1. The first kappa shape index (κ1) is 18.1. The van der Waals surface area contributed by atoms with Gasteiger partial charge in [-0.2, -0.15) is 0 Å². The van der Waals surface area contributed by atoms with Crippen LogP contribution in [0.15, 0.2) is 36.4 Å². The van der Waals surface area contributed by atoms with Crippen LogP contribution >= 0.6 is 12.2 Å². The van der Waals surface area contributed by atoms with Crippen molar-refractivity contribution in [2.45, 2.75) is 26.7 Å². The zero-order valence-corrected chi connectivity index (χ0v) is 15.6. The fraction of sp³-hybridized carbons (Fsp3) is 0.316. The minimum atomic E-state index is 0.513. The van der Waals surface area contributed by atoms with Crippen LogP contribution in [0.5, 0.6) is 11.5 Å². The Bertz CT molecular complexity index is 712. The summed E-state index contributed by atoms with van der Waals surface area (Å²) < 4.78 is 10.6. The predicted molar refractivity (Wildman–Crippen MR) is 105 cm³/mol. The van der Waals surface area contributed by atoms with E-state index in [1.54, 1.807) is 14.2 Å². The lowest BCUT2D eigenvalue weighted by Gasteiger charge is -2.16. The van der Waals surface area contributed by atoms with E-state index in [1.807, 2.05) is 31.2 Å². The van der Waals surface area contributed by atoms with Gasteiger partial charge in [-0.3, -0.25) is 0 Å². The van der Waals surface area contributed by atoms with Crippen molar-refractivity contribution < 1.29 is 9.47 Å². The lowest BCUT2D eigenvalue weighted by atomic mass is 10.0. The molecule has 0 spiro atoms. The molecule has 4 nitrogen and oxygen atoms in total. The van der Waals surface area contributed by atoms with Gasteiger partial charge in [0.05, 0.1) is 14.2 Å². The molecular weight excluding hydrogens is 320 g/mol. The van der Waals surface area contributed by atoms with E-state index in [2.05, 4.69) is 36.6 Å². The second kappa shape index (κ2) is 8.02. The molecule has 0 saturated carbocycles. The van der Waals surface area contributed by atoms with E-state index in [-0.39, 0.29) is 0 Å². The minimum Gasteiger partial charge on any atom is -0.493 e. The lowest BCUT2D eigenvalue weighted by Crippen LogP contribution is -2.19. The molecule has 24 heavy (non-hydrogen) atoms. The molecule has 0 aromatic heterocycles. The highest BCUT2D eigenvalue weighted by molar-refractivity contribution is 7.80. The number of methoxy groups -OCH3 is 2. The molecule has 5 heteroatoms. The molecule has 2 aromatic rings. The maximum atomic E-state index is 5.41. The van der Waals surface area contributed by atoms with Gasteiger partial charge in [0.25, 0.3) is 0 Å². The maximum Gasteiger partial charge on any atom is 0.175 e. The largest absolute Gasteiger partial charge is 0.493 e. The summed E-state index contributed by atoms with van der Waals surface area (Å²) >= 11 is 5.41. The van der Waals surface area contributed by atoms with Crippen molar-refractivity contribution in [3.63, 3.8) is 0 Å². The van der Waals surface area contributed by atoms with Gasteiger partial charge in [0.1, 0.15) is 0 Å². The maximum absolute atomic E-state index is 5.41. The Balaban J connectivity index is 2.09. The zero-order chi connectivity index (χ0) is 17.7. The molecule has 0 aliphatic rings. The Kier molecular flexibility index (Phi) is 6.04. The lowest BCUT2D eigenvalue weighted by molar-refractivity contribution is 0.355. The fourth-order valence-electron chi connectivity index (χ4n) is 2.35. The number of ether oxygens (including phenoxy) is 2. The third kappa shape index (κ3) is 4.38. The smallest absolute Gasteiger partial charge is 0.175 e. The quantitative estimate of drug-likeness (QED) is 0.752. The first-order valence-electron chi connectivity index (χ1n) is 7.85. The average molecular weight is 344 g/mol. The second-order valence-electron chi connectivity index (χ2n) is 5.88. The Morgan fingerprint density at radius 3 is 2.08 bits per heavy atom. The number of rotatable bonds is 5. The first-order chi connectivity index (χ1) is 11.4. The Morgan fingerprint density at radius 2 is 1.54 bits per heavy atom. The molecule has 0 heterocycles. The molecule has 2 aromatic carbocycles. The summed E-state index contributed by atoms with van der Waals surface area (Å²) in [6.07, 6.45) is 0. The van der Waals surface area contributed by atoms with Gasteiger partial charge in [0, 0.05) is 17.4 Å². The predicted octanol–water partition coefficient (Wildman–Crippen LogP) is 4.94. The van der Waals surface area contributed by atoms with Crippen LogP contribution < -0.4 is 20.1 Å². The Hall–Kier alpha value is -2.27. The number of benzene rings is 2. The molecule has 0 aliphatic heterocycles. The Morgan fingerprint density at radius 1 is 0.958 bits per heavy atom. The van der Waals surface area contributed by atoms with Gasteiger partial charge < -0.3 is 20.1 Å². The van der Waals surface area contributed by atoms with Crippen molar-refractivity contribution in [3.05, 3.63) is 47.5 Å². The number of anilines is 2. The molecule has 0 unspecified atom stereocenters. The number of hydrogen-bond donors (Lipinski definition) is 2. The standard InChI is InChI=1S/C19H24N2O2S/c1-12(2)14-6-8-15(9-7-14)20-19(24)21-16-11-18(23-5)17(22-4)10-13(16)3/h6-12H,1-5H3,(H2,20,21,24). The van der Waals surface area contributed by atoms with Crippen molar-refractivity contribution in [2.75, 3.05) is 24.9 Å². The summed E-state index contributed by atoms with van der Waals surface area (Å²) in [5.41, 5.74) is 4.15. The van der Waals surface area contributed by atoms with Crippen LogP contribution in [-0.4, -0.2) is 19.3 Å². The molecule has 0 atom stereocenters. The Labute approximate surface area is 149 Å². The van der Waals surface area contributed by atoms with Crippen LogP contribution in [0, 0.1) is 6.92 Å². The number of hydrogen-bond acceptors (Lipinski definition) is 3. The molecule has 0 fully saturated rings. The van der Waals surface area contributed by atoms with Gasteiger partial charge in [-0.05, 0) is 54.4 Å². The van der Waals surface area contributed by atoms with E-state index < -0.39 is 0 Å². The molecular formula is C19H24N2O2S. The molecule has 0 radical (unpaired) electrons. The number of thiocarbonyl (C=S) groups is 1. The zero-order valence-electron chi connectivity index (χ0n) is 14.8. The van der Waals surface area contributed by atoms with Gasteiger partial charge in [-0.15, -0.1) is 0 Å². The molecule has 2 N–H and O–H groups in total. The SMILES string of the molecule is COc1cc(C)c(NC(=S)Nc2ccc(C(C)C)cc2)cc1OC. The monoisotopic (exact) mass is 344 g/mol. The van der Waals surface area contributed by atoms with Crippen molar-refractivity contribution in [2.24, 2.45) is 0 Å². The normalized spacial score (nSPS) is 10.4. The van der Waals surface area contributed by atoms with Gasteiger partial charge in [0.15, 0.2) is 16.6 Å². The van der Waals surface area contributed by atoms with Crippen LogP contribution in [0.2, 0.25) is 0 Å². The highest BCUT2D eigenvalue weighted by Gasteiger charge is 2.10. The average Bonchev–Trinajstić information content (AvgIpc) is 2.56. The van der Waals surface area contributed by atoms with Crippen molar-refractivity contribution in [1.29, 1.82) is 0 Å². The fourth-order valence-corrected chi connectivity index (χ4v) is 2.58. The van der Waals surface area contributed by atoms with Gasteiger partial charge >= 0.3 is 0 Å². The summed E-state index contributed by atoms with van der Waals surface area (Å²) in [4.78, 5) is 0. The molecule has 0 amide bonds. The van der Waals surface area contributed by atoms with E-state index in [1.165, 1.54) is 5.56 Å². The van der Waals surface area contributed by atoms with Crippen LogP contribution in [0.4, 0.5) is 11.4 Å². The van der Waals surface area contributed by atoms with Crippen molar-refractivity contribution >= 4 is 28.7 Å². The topological polar surface area (TPSA) is 42.5 Å². The van der Waals surface area contributed by atoms with E-state index >= 15 is 0 Å². The van der Waals surface area contributed by atoms with E-state index in [0.717, 1.165) is 16.9 Å². The molecule has 2 rings (SSSR count). The van der Waals surface area contributed by atoms with E-state index in [9.17, 15) is 0 Å². The van der Waals surface area contributed by atoms with Gasteiger partial charge in [-0.25, -0.2) is 0 Å². The third-order valence-corrected chi connectivity index (χ3v) is 4.02. The highest BCUT2D eigenvalue weighted by Crippen LogP contribution is 2.33. The van der Waals surface area contributed by atoms with Gasteiger partial charge in [0.2, 0.25) is 0 Å². The van der Waals surface area contributed by atoms with Crippen molar-refractivity contribution in [3.8, 4) is 11.5 Å². The molecule has 0 bridgehead atoms. The first-order valence-corrected chi connectivity index (χ1v) is 8.26. The van der Waals surface area contributed by atoms with Crippen molar-refractivity contribution in [1.82, 2.24) is 0 Å².